The van der Waals surface area contributed by atoms with Gasteiger partial charge in [0.25, 0.3) is 0 Å². The van der Waals surface area contributed by atoms with Gasteiger partial charge in [0.05, 0.1) is 12.8 Å². The van der Waals surface area contributed by atoms with Gasteiger partial charge in [-0.15, -0.1) is 0 Å². The molecule has 0 atom stereocenters. The molecule has 0 radical (unpaired) electrons. The molecule has 5 nitrogen and oxygen atoms in total. The molecule has 0 saturated heterocycles. The van der Waals surface area contributed by atoms with E-state index in [2.05, 4.69) is 22.3 Å². The minimum absolute atomic E-state index is 0.120. The normalized spacial score (nSPS) is 9.31. The van der Waals surface area contributed by atoms with Crippen LogP contribution in [0.5, 0.6) is 5.75 Å². The standard InChI is InChI=1S/C10H12N2O3S/c1-14-10(13)12-7-4-2-3-5-8(7)15-6-9(11)16/h2-5H,6H2,1H3,(H2,11,16)(H,12,13). The highest BCUT2D eigenvalue weighted by molar-refractivity contribution is 7.80. The van der Waals surface area contributed by atoms with E-state index < -0.39 is 6.09 Å². The van der Waals surface area contributed by atoms with E-state index in [0.29, 0.717) is 11.4 Å². The van der Waals surface area contributed by atoms with Crippen molar-refractivity contribution >= 4 is 29.0 Å². The first-order chi connectivity index (χ1) is 7.63. The number of ether oxygens (including phenoxy) is 2. The van der Waals surface area contributed by atoms with Gasteiger partial charge in [-0.3, -0.25) is 5.32 Å². The van der Waals surface area contributed by atoms with Crippen LogP contribution in [-0.2, 0) is 4.74 Å². The number of rotatable bonds is 4. The smallest absolute Gasteiger partial charge is 0.411 e. The number of methoxy groups -OCH3 is 1. The molecule has 86 valence electrons. The highest BCUT2D eigenvalue weighted by Crippen LogP contribution is 2.23. The molecule has 1 aromatic rings. The van der Waals surface area contributed by atoms with E-state index >= 15 is 0 Å². The SMILES string of the molecule is COC(=O)Nc1ccccc1OCC(N)=S. The molecule has 0 unspecified atom stereocenters. The Morgan fingerprint density at radius 3 is 2.81 bits per heavy atom. The van der Waals surface area contributed by atoms with Crippen LogP contribution in [-0.4, -0.2) is 24.8 Å². The highest BCUT2D eigenvalue weighted by Gasteiger charge is 2.06. The largest absolute Gasteiger partial charge is 0.484 e. The minimum Gasteiger partial charge on any atom is -0.484 e. The van der Waals surface area contributed by atoms with Crippen LogP contribution in [0.25, 0.3) is 0 Å². The molecule has 0 bridgehead atoms. The van der Waals surface area contributed by atoms with Crippen LogP contribution in [0, 0.1) is 0 Å². The fourth-order valence-electron chi connectivity index (χ4n) is 1.01. The number of anilines is 1. The summed E-state index contributed by atoms with van der Waals surface area (Å²) >= 11 is 4.69. The molecule has 0 spiro atoms. The number of benzene rings is 1. The Morgan fingerprint density at radius 1 is 1.50 bits per heavy atom. The Morgan fingerprint density at radius 2 is 2.19 bits per heavy atom. The van der Waals surface area contributed by atoms with Crippen molar-refractivity contribution in [2.24, 2.45) is 5.73 Å². The Kier molecular flexibility index (Phi) is 4.53. The monoisotopic (exact) mass is 240 g/mol. The van der Waals surface area contributed by atoms with Crippen LogP contribution in [0.3, 0.4) is 0 Å². The summed E-state index contributed by atoms with van der Waals surface area (Å²) in [5.74, 6) is 0.487. The number of carbonyl (C=O) groups excluding carboxylic acids is 1. The zero-order valence-corrected chi connectivity index (χ0v) is 9.54. The lowest BCUT2D eigenvalue weighted by atomic mass is 10.3. The molecule has 3 N–H and O–H groups in total. The lowest BCUT2D eigenvalue weighted by Gasteiger charge is -2.10. The Labute approximate surface area is 98.5 Å². The molecule has 1 amide bonds. The van der Waals surface area contributed by atoms with Crippen molar-refractivity contribution in [1.82, 2.24) is 0 Å². The second kappa shape index (κ2) is 5.92. The van der Waals surface area contributed by atoms with E-state index in [1.165, 1.54) is 7.11 Å². The summed E-state index contributed by atoms with van der Waals surface area (Å²) < 4.78 is 9.79. The van der Waals surface area contributed by atoms with Gasteiger partial charge in [0, 0.05) is 0 Å². The van der Waals surface area contributed by atoms with Crippen molar-refractivity contribution in [1.29, 1.82) is 0 Å². The fourth-order valence-corrected chi connectivity index (χ4v) is 1.06. The summed E-state index contributed by atoms with van der Waals surface area (Å²) in [5, 5.41) is 2.51. The second-order valence-corrected chi connectivity index (χ2v) is 3.39. The quantitative estimate of drug-likeness (QED) is 0.781. The van der Waals surface area contributed by atoms with Gasteiger partial charge in [-0.25, -0.2) is 4.79 Å². The lowest BCUT2D eigenvalue weighted by molar-refractivity contribution is 0.186. The first kappa shape index (κ1) is 12.3. The Hall–Kier alpha value is -1.82. The van der Waals surface area contributed by atoms with E-state index in [0.717, 1.165) is 0 Å². The maximum atomic E-state index is 11.0. The van der Waals surface area contributed by atoms with Crippen LogP contribution in [0.1, 0.15) is 0 Å². The maximum absolute atomic E-state index is 11.0. The third kappa shape index (κ3) is 3.74. The van der Waals surface area contributed by atoms with Gasteiger partial charge >= 0.3 is 6.09 Å². The second-order valence-electron chi connectivity index (χ2n) is 2.87. The molecular weight excluding hydrogens is 228 g/mol. The first-order valence-corrected chi connectivity index (χ1v) is 4.89. The number of carbonyl (C=O) groups is 1. The molecular formula is C10H12N2O3S. The molecule has 16 heavy (non-hydrogen) atoms. The van der Waals surface area contributed by atoms with Crippen molar-refractivity contribution < 1.29 is 14.3 Å². The molecule has 0 saturated carbocycles. The van der Waals surface area contributed by atoms with E-state index in [9.17, 15) is 4.79 Å². The zero-order chi connectivity index (χ0) is 12.0. The van der Waals surface area contributed by atoms with Crippen molar-refractivity contribution in [3.05, 3.63) is 24.3 Å². The van der Waals surface area contributed by atoms with Gasteiger partial charge in [-0.2, -0.15) is 0 Å². The summed E-state index contributed by atoms with van der Waals surface area (Å²) in [6.45, 7) is 0.120. The number of thiocarbonyl (C=S) groups is 1. The van der Waals surface area contributed by atoms with Gasteiger partial charge in [0.2, 0.25) is 0 Å². The van der Waals surface area contributed by atoms with Crippen LogP contribution >= 0.6 is 12.2 Å². The van der Waals surface area contributed by atoms with Crippen molar-refractivity contribution in [2.75, 3.05) is 19.0 Å². The van der Waals surface area contributed by atoms with Gasteiger partial charge in [0.1, 0.15) is 17.3 Å². The number of hydrogen-bond donors (Lipinski definition) is 2. The summed E-state index contributed by atoms with van der Waals surface area (Å²) in [4.78, 5) is 11.3. The van der Waals surface area contributed by atoms with Gasteiger partial charge in [-0.1, -0.05) is 24.4 Å². The van der Waals surface area contributed by atoms with Crippen molar-refractivity contribution in [3.8, 4) is 5.75 Å². The molecule has 1 aromatic carbocycles. The van der Waals surface area contributed by atoms with Crippen molar-refractivity contribution in [2.45, 2.75) is 0 Å². The summed E-state index contributed by atoms with van der Waals surface area (Å²) in [6.07, 6.45) is -0.564. The van der Waals surface area contributed by atoms with Crippen LogP contribution in [0.15, 0.2) is 24.3 Å². The molecule has 0 aliphatic rings. The fraction of sp³-hybridized carbons (Fsp3) is 0.200. The van der Waals surface area contributed by atoms with Crippen molar-refractivity contribution in [3.63, 3.8) is 0 Å². The third-order valence-electron chi connectivity index (χ3n) is 1.68. The molecule has 0 heterocycles. The average Bonchev–Trinajstić information content (AvgIpc) is 2.27. The maximum Gasteiger partial charge on any atom is 0.411 e. The van der Waals surface area contributed by atoms with E-state index in [4.69, 9.17) is 10.5 Å². The molecule has 6 heteroatoms. The molecule has 1 rings (SSSR count). The molecule has 0 aliphatic carbocycles. The summed E-state index contributed by atoms with van der Waals surface area (Å²) in [5.41, 5.74) is 5.82. The molecule has 0 fully saturated rings. The van der Waals surface area contributed by atoms with Crippen LogP contribution < -0.4 is 15.8 Å². The van der Waals surface area contributed by atoms with Gasteiger partial charge in [0.15, 0.2) is 0 Å². The number of hydrogen-bond acceptors (Lipinski definition) is 4. The summed E-state index contributed by atoms with van der Waals surface area (Å²) in [6, 6.07) is 6.92. The van der Waals surface area contributed by atoms with Gasteiger partial charge < -0.3 is 15.2 Å². The zero-order valence-electron chi connectivity index (χ0n) is 8.73. The number of amides is 1. The molecule has 0 aliphatic heterocycles. The van der Waals surface area contributed by atoms with Gasteiger partial charge in [-0.05, 0) is 12.1 Å². The van der Waals surface area contributed by atoms with E-state index in [1.807, 2.05) is 0 Å². The Balaban J connectivity index is 2.74. The predicted octanol–water partition coefficient (Wildman–Crippen LogP) is 1.53. The van der Waals surface area contributed by atoms with E-state index in [1.54, 1.807) is 24.3 Å². The topological polar surface area (TPSA) is 73.6 Å². The average molecular weight is 240 g/mol. The Bertz CT molecular complexity index is 395. The number of para-hydroxylation sites is 2. The minimum atomic E-state index is -0.564. The number of nitrogens with two attached hydrogens (primary N) is 1. The number of nitrogens with one attached hydrogen (secondary N) is 1. The highest BCUT2D eigenvalue weighted by atomic mass is 32.1. The van der Waals surface area contributed by atoms with Crippen LogP contribution in [0.4, 0.5) is 10.5 Å². The van der Waals surface area contributed by atoms with Crippen LogP contribution in [0.2, 0.25) is 0 Å². The van der Waals surface area contributed by atoms with E-state index in [-0.39, 0.29) is 11.6 Å². The third-order valence-corrected chi connectivity index (χ3v) is 1.80. The first-order valence-electron chi connectivity index (χ1n) is 4.48. The molecule has 0 aromatic heterocycles. The summed E-state index contributed by atoms with van der Waals surface area (Å²) in [7, 11) is 1.29. The predicted molar refractivity (Wildman–Crippen MR) is 64.8 cm³/mol. The lowest BCUT2D eigenvalue weighted by Crippen LogP contribution is -2.19.